The van der Waals surface area contributed by atoms with Crippen molar-refractivity contribution in [2.45, 2.75) is 19.9 Å². The summed E-state index contributed by atoms with van der Waals surface area (Å²) in [6.07, 6.45) is 3.00. The zero-order valence-corrected chi connectivity index (χ0v) is 13.6. The second kappa shape index (κ2) is 7.07. The van der Waals surface area contributed by atoms with Crippen LogP contribution >= 0.6 is 11.6 Å². The lowest BCUT2D eigenvalue weighted by Crippen LogP contribution is -2.23. The standard InChI is InChI=1S/C17H21ClN4/c1-13-4-2-6-17(21-13)20-10-14-7-9-22(11-14)12-16-15(18)5-3-8-19-16/h2-6,8,14H,7,9-12H2,1H3,(H,20,21). The van der Waals surface area contributed by atoms with Crippen LogP contribution < -0.4 is 5.32 Å². The van der Waals surface area contributed by atoms with Gasteiger partial charge in [0.05, 0.1) is 10.7 Å². The molecule has 0 spiro atoms. The van der Waals surface area contributed by atoms with E-state index in [0.29, 0.717) is 5.92 Å². The summed E-state index contributed by atoms with van der Waals surface area (Å²) in [6, 6.07) is 9.85. The SMILES string of the molecule is Cc1cccc(NCC2CCN(Cc3ncccc3Cl)C2)n1. The third-order valence-corrected chi connectivity index (χ3v) is 4.38. The topological polar surface area (TPSA) is 41.0 Å². The minimum absolute atomic E-state index is 0.643. The second-order valence-electron chi connectivity index (χ2n) is 5.87. The summed E-state index contributed by atoms with van der Waals surface area (Å²) in [5.41, 5.74) is 2.01. The highest BCUT2D eigenvalue weighted by molar-refractivity contribution is 6.31. The van der Waals surface area contributed by atoms with E-state index in [0.717, 1.165) is 48.4 Å². The van der Waals surface area contributed by atoms with Gasteiger partial charge in [-0.15, -0.1) is 0 Å². The largest absolute Gasteiger partial charge is 0.370 e. The van der Waals surface area contributed by atoms with Crippen molar-refractivity contribution in [3.63, 3.8) is 0 Å². The zero-order valence-electron chi connectivity index (χ0n) is 12.8. The quantitative estimate of drug-likeness (QED) is 0.918. The fraction of sp³-hybridized carbons (Fsp3) is 0.412. The van der Waals surface area contributed by atoms with Gasteiger partial charge in [0.2, 0.25) is 0 Å². The molecule has 1 atom stereocenters. The van der Waals surface area contributed by atoms with Crippen LogP contribution in [0.1, 0.15) is 17.8 Å². The third kappa shape index (κ3) is 3.96. The van der Waals surface area contributed by atoms with Crippen LogP contribution in [-0.2, 0) is 6.54 Å². The Labute approximate surface area is 136 Å². The van der Waals surface area contributed by atoms with Gasteiger partial charge in [-0.1, -0.05) is 17.7 Å². The number of nitrogens with zero attached hydrogens (tertiary/aromatic N) is 3. The van der Waals surface area contributed by atoms with Gasteiger partial charge in [0.15, 0.2) is 0 Å². The first kappa shape index (κ1) is 15.3. The van der Waals surface area contributed by atoms with Crippen LogP contribution in [0.5, 0.6) is 0 Å². The lowest BCUT2D eigenvalue weighted by atomic mass is 10.1. The summed E-state index contributed by atoms with van der Waals surface area (Å²) in [4.78, 5) is 11.3. The molecule has 1 aliphatic rings. The highest BCUT2D eigenvalue weighted by Crippen LogP contribution is 2.21. The Morgan fingerprint density at radius 3 is 3.05 bits per heavy atom. The molecule has 0 aromatic carbocycles. The number of hydrogen-bond acceptors (Lipinski definition) is 4. The highest BCUT2D eigenvalue weighted by Gasteiger charge is 2.23. The fourth-order valence-corrected chi connectivity index (χ4v) is 3.04. The Morgan fingerprint density at radius 1 is 1.32 bits per heavy atom. The normalized spacial score (nSPS) is 18.5. The summed E-state index contributed by atoms with van der Waals surface area (Å²) < 4.78 is 0. The van der Waals surface area contributed by atoms with Crippen LogP contribution in [0.15, 0.2) is 36.5 Å². The van der Waals surface area contributed by atoms with Crippen molar-refractivity contribution in [3.8, 4) is 0 Å². The van der Waals surface area contributed by atoms with Crippen molar-refractivity contribution < 1.29 is 0 Å². The number of rotatable bonds is 5. The Balaban J connectivity index is 1.49. The smallest absolute Gasteiger partial charge is 0.126 e. The van der Waals surface area contributed by atoms with Gasteiger partial charge in [-0.2, -0.15) is 0 Å². The van der Waals surface area contributed by atoms with Gasteiger partial charge in [-0.3, -0.25) is 9.88 Å². The lowest BCUT2D eigenvalue weighted by Gasteiger charge is -2.16. The van der Waals surface area contributed by atoms with Gasteiger partial charge in [0, 0.05) is 31.5 Å². The van der Waals surface area contributed by atoms with Crippen molar-refractivity contribution in [2.75, 3.05) is 25.0 Å². The van der Waals surface area contributed by atoms with Crippen molar-refractivity contribution in [3.05, 3.63) is 52.9 Å². The van der Waals surface area contributed by atoms with Gasteiger partial charge in [-0.05, 0) is 50.1 Å². The average Bonchev–Trinajstić information content (AvgIpc) is 2.95. The molecule has 1 fully saturated rings. The van der Waals surface area contributed by atoms with Gasteiger partial charge < -0.3 is 5.32 Å². The number of aromatic nitrogens is 2. The van der Waals surface area contributed by atoms with E-state index >= 15 is 0 Å². The van der Waals surface area contributed by atoms with E-state index in [1.165, 1.54) is 6.42 Å². The van der Waals surface area contributed by atoms with Crippen molar-refractivity contribution >= 4 is 17.4 Å². The molecule has 0 bridgehead atoms. The van der Waals surface area contributed by atoms with E-state index in [2.05, 4.69) is 20.2 Å². The van der Waals surface area contributed by atoms with Gasteiger partial charge >= 0.3 is 0 Å². The van der Waals surface area contributed by atoms with E-state index in [1.54, 1.807) is 6.20 Å². The van der Waals surface area contributed by atoms with Gasteiger partial charge in [-0.25, -0.2) is 4.98 Å². The number of pyridine rings is 2. The van der Waals surface area contributed by atoms with E-state index in [9.17, 15) is 0 Å². The molecule has 4 nitrogen and oxygen atoms in total. The Hall–Kier alpha value is -1.65. The van der Waals surface area contributed by atoms with Gasteiger partial charge in [0.25, 0.3) is 0 Å². The molecule has 0 amide bonds. The minimum Gasteiger partial charge on any atom is -0.370 e. The molecule has 3 rings (SSSR count). The predicted octanol–water partition coefficient (Wildman–Crippen LogP) is 3.37. The van der Waals surface area contributed by atoms with Crippen molar-refractivity contribution in [2.24, 2.45) is 5.92 Å². The predicted molar refractivity (Wildman–Crippen MR) is 90.1 cm³/mol. The molecule has 2 aromatic rings. The van der Waals surface area contributed by atoms with E-state index in [4.69, 9.17) is 11.6 Å². The van der Waals surface area contributed by atoms with Crippen molar-refractivity contribution in [1.29, 1.82) is 0 Å². The van der Waals surface area contributed by atoms with E-state index in [1.807, 2.05) is 37.3 Å². The first-order valence-corrected chi connectivity index (χ1v) is 8.08. The molecule has 22 heavy (non-hydrogen) atoms. The summed E-state index contributed by atoms with van der Waals surface area (Å²) in [5.74, 6) is 1.61. The number of halogens is 1. The number of hydrogen-bond donors (Lipinski definition) is 1. The molecule has 5 heteroatoms. The highest BCUT2D eigenvalue weighted by atomic mass is 35.5. The summed E-state index contributed by atoms with van der Waals surface area (Å²) in [7, 11) is 0. The van der Waals surface area contributed by atoms with Crippen LogP contribution in [0.3, 0.4) is 0 Å². The number of likely N-dealkylation sites (tertiary alicyclic amines) is 1. The van der Waals surface area contributed by atoms with Crippen molar-refractivity contribution in [1.82, 2.24) is 14.9 Å². The molecular formula is C17H21ClN4. The maximum absolute atomic E-state index is 6.19. The number of nitrogens with one attached hydrogen (secondary N) is 1. The molecule has 0 radical (unpaired) electrons. The number of anilines is 1. The molecular weight excluding hydrogens is 296 g/mol. The van der Waals surface area contributed by atoms with Gasteiger partial charge in [0.1, 0.15) is 5.82 Å². The van der Waals surface area contributed by atoms with E-state index in [-0.39, 0.29) is 0 Å². The molecule has 1 unspecified atom stereocenters. The molecule has 3 heterocycles. The average molecular weight is 317 g/mol. The molecule has 0 saturated carbocycles. The summed E-state index contributed by atoms with van der Waals surface area (Å²) in [6.45, 7) is 5.98. The first-order valence-electron chi connectivity index (χ1n) is 7.70. The molecule has 1 aliphatic heterocycles. The maximum Gasteiger partial charge on any atom is 0.126 e. The van der Waals surface area contributed by atoms with Crippen LogP contribution in [0, 0.1) is 12.8 Å². The third-order valence-electron chi connectivity index (χ3n) is 4.04. The Morgan fingerprint density at radius 2 is 2.23 bits per heavy atom. The maximum atomic E-state index is 6.19. The minimum atomic E-state index is 0.643. The Kier molecular flexibility index (Phi) is 4.90. The second-order valence-corrected chi connectivity index (χ2v) is 6.27. The summed E-state index contributed by atoms with van der Waals surface area (Å²) in [5, 5.41) is 4.20. The molecule has 0 aliphatic carbocycles. The summed E-state index contributed by atoms with van der Waals surface area (Å²) >= 11 is 6.19. The molecule has 1 saturated heterocycles. The monoisotopic (exact) mass is 316 g/mol. The van der Waals surface area contributed by atoms with Crippen LogP contribution in [0.2, 0.25) is 5.02 Å². The first-order chi connectivity index (χ1) is 10.7. The zero-order chi connectivity index (χ0) is 15.4. The van der Waals surface area contributed by atoms with E-state index < -0.39 is 0 Å². The molecule has 116 valence electrons. The molecule has 2 aromatic heterocycles. The van der Waals surface area contributed by atoms with Crippen LogP contribution in [-0.4, -0.2) is 34.5 Å². The fourth-order valence-electron chi connectivity index (χ4n) is 2.86. The number of aryl methyl sites for hydroxylation is 1. The lowest BCUT2D eigenvalue weighted by molar-refractivity contribution is 0.315. The van der Waals surface area contributed by atoms with Crippen LogP contribution in [0.25, 0.3) is 0 Å². The molecule has 1 N–H and O–H groups in total. The van der Waals surface area contributed by atoms with Crippen LogP contribution in [0.4, 0.5) is 5.82 Å². The Bertz CT molecular complexity index is 632.